The second kappa shape index (κ2) is 38.9. The number of aliphatic hydroxyl groups excluding tert-OH is 2. The summed E-state index contributed by atoms with van der Waals surface area (Å²) >= 11 is 1.30. The Morgan fingerprint density at radius 1 is 0.559 bits per heavy atom. The van der Waals surface area contributed by atoms with Crippen LogP contribution < -0.4 is 82.3 Å². The van der Waals surface area contributed by atoms with Crippen LogP contribution in [0, 0.1) is 5.92 Å². The van der Waals surface area contributed by atoms with Crippen molar-refractivity contribution in [1.29, 1.82) is 0 Å². The summed E-state index contributed by atoms with van der Waals surface area (Å²) in [5, 5.41) is 62.8. The molecule has 0 aliphatic heterocycles. The van der Waals surface area contributed by atoms with Crippen molar-refractivity contribution in [3.05, 3.63) is 65.9 Å². The van der Waals surface area contributed by atoms with E-state index in [2.05, 4.69) is 57.8 Å². The van der Waals surface area contributed by atoms with Crippen LogP contribution in [0.4, 0.5) is 0 Å². The van der Waals surface area contributed by atoms with Crippen LogP contribution in [-0.4, -0.2) is 200 Å². The van der Waals surface area contributed by atoms with Gasteiger partial charge in [-0.1, -0.05) is 44.2 Å². The lowest BCUT2D eigenvalue weighted by Crippen LogP contribution is -2.61. The van der Waals surface area contributed by atoms with Gasteiger partial charge in [-0.3, -0.25) is 62.5 Å². The first kappa shape index (κ1) is 77.6. The van der Waals surface area contributed by atoms with E-state index in [9.17, 15) is 82.8 Å². The van der Waals surface area contributed by atoms with Gasteiger partial charge >= 0.3 is 5.97 Å². The van der Waals surface area contributed by atoms with Crippen LogP contribution in [0.3, 0.4) is 0 Å². The zero-order valence-corrected chi connectivity index (χ0v) is 52.8. The van der Waals surface area contributed by atoms with E-state index in [-0.39, 0.29) is 81.3 Å². The second-order valence-electron chi connectivity index (χ2n) is 22.3. The number of H-pyrrole nitrogens is 1. The molecule has 1 heterocycles. The van der Waals surface area contributed by atoms with Crippen molar-refractivity contribution in [1.82, 2.24) is 52.8 Å². The predicted octanol–water partition coefficient (Wildman–Crippen LogP) is -5.93. The van der Waals surface area contributed by atoms with Gasteiger partial charge in [-0.2, -0.15) is 11.8 Å². The molecule has 12 amide bonds. The van der Waals surface area contributed by atoms with Crippen molar-refractivity contribution in [2.24, 2.45) is 45.3 Å². The molecule has 0 bridgehead atoms. The van der Waals surface area contributed by atoms with Crippen molar-refractivity contribution in [3.8, 4) is 5.75 Å². The smallest absolute Gasteiger partial charge is 0.328 e. The summed E-state index contributed by atoms with van der Waals surface area (Å²) in [5.41, 5.74) is 34.3. The molecule has 26 N–H and O–H groups in total. The maximum absolute atomic E-state index is 14.8. The number of aromatic nitrogens is 1. The number of hydrogen-bond acceptors (Lipinski definition) is 19. The zero-order valence-electron chi connectivity index (χ0n) is 51.9. The number of carboxylic acid groups (broad SMARTS) is 1. The van der Waals surface area contributed by atoms with Crippen LogP contribution in [0.15, 0.2) is 59.7 Å². The number of thioether (sulfide) groups is 1. The molecule has 0 saturated carbocycles. The normalized spacial score (nSPS) is 14.7. The maximum Gasteiger partial charge on any atom is 0.328 e. The van der Waals surface area contributed by atoms with Gasteiger partial charge in [0.25, 0.3) is 0 Å². The predicted molar refractivity (Wildman–Crippen MR) is 339 cm³/mol. The van der Waals surface area contributed by atoms with Gasteiger partial charge in [-0.25, -0.2) is 4.79 Å². The summed E-state index contributed by atoms with van der Waals surface area (Å²) in [6, 6.07) is -3.72. The highest BCUT2D eigenvalue weighted by Crippen LogP contribution is 2.20. The van der Waals surface area contributed by atoms with Gasteiger partial charge in [0, 0.05) is 49.3 Å². The number of guanidine groups is 1. The molecule has 0 fully saturated rings. The average Bonchev–Trinajstić information content (AvgIpc) is 1.76. The summed E-state index contributed by atoms with van der Waals surface area (Å²) in [5.74, 6) is -14.3. The van der Waals surface area contributed by atoms with E-state index in [1.54, 1.807) is 50.6 Å². The first-order valence-corrected chi connectivity index (χ1v) is 31.0. The third kappa shape index (κ3) is 27.4. The molecule has 1 aromatic heterocycles. The van der Waals surface area contributed by atoms with Crippen LogP contribution in [0.5, 0.6) is 5.75 Å². The molecule has 35 heteroatoms. The molecule has 0 aliphatic rings. The summed E-state index contributed by atoms with van der Waals surface area (Å²) < 4.78 is 0. The van der Waals surface area contributed by atoms with Crippen molar-refractivity contribution in [2.45, 2.75) is 158 Å². The maximum atomic E-state index is 14.8. The molecule has 3 rings (SSSR count). The minimum absolute atomic E-state index is 0.00705. The minimum Gasteiger partial charge on any atom is -0.508 e. The van der Waals surface area contributed by atoms with Crippen molar-refractivity contribution >= 4 is 105 Å². The van der Waals surface area contributed by atoms with Gasteiger partial charge in [0.1, 0.15) is 54.1 Å². The van der Waals surface area contributed by atoms with Gasteiger partial charge in [0.15, 0.2) is 12.0 Å². The molecule has 93 heavy (non-hydrogen) atoms. The highest BCUT2D eigenvalue weighted by atomic mass is 32.2. The summed E-state index contributed by atoms with van der Waals surface area (Å²) in [4.78, 5) is 181. The van der Waals surface area contributed by atoms with E-state index in [4.69, 9.17) is 34.4 Å². The highest BCUT2D eigenvalue weighted by Gasteiger charge is 2.37. The van der Waals surface area contributed by atoms with Crippen LogP contribution in [0.1, 0.15) is 89.7 Å². The number of amides is 12. The molecule has 2 aromatic carbocycles. The summed E-state index contributed by atoms with van der Waals surface area (Å²) in [7, 11) is 0. The van der Waals surface area contributed by atoms with Crippen LogP contribution >= 0.6 is 11.8 Å². The Hall–Kier alpha value is -9.61. The van der Waals surface area contributed by atoms with E-state index in [1.807, 2.05) is 0 Å². The van der Waals surface area contributed by atoms with Crippen molar-refractivity contribution in [2.75, 3.05) is 25.2 Å². The monoisotopic (exact) mass is 1330 g/mol. The fourth-order valence-corrected chi connectivity index (χ4v) is 9.67. The summed E-state index contributed by atoms with van der Waals surface area (Å²) in [6.07, 6.45) is -1.49. The van der Waals surface area contributed by atoms with E-state index >= 15 is 0 Å². The second-order valence-corrected chi connectivity index (χ2v) is 23.3. The number of nitrogens with two attached hydrogens (primary N) is 6. The standard InChI is InChI=1S/C58H87N17O17S/c1-28(2)22-39(52(86)69-38(19-21-93-4)51(85)71-40(23-30-11-13-32(78)14-12-30)55(89)75-47(29(3)77)57(91)92)70-53(87)41(24-31-26-66-35-9-6-5-8-33(31)35)72-54(88)42(25-46(62)81)73-56(90)43(27-76)74-49(83)36(10-7-20-65-58(63)64)68-50(84)37(16-18-45(61)80)67-48(82)34(59)15-17-44(60)79/h5-6,8-9,11-14,26,28-29,34,36-43,47,66,76-78H,7,10,15-25,27,59H2,1-4H3,(H2,60,79)(H2,61,80)(H2,62,81)(H,67,82)(H,68,84)(H,69,86)(H,70,87)(H,71,85)(H,72,88)(H,73,90)(H,74,83)(H,75,89)(H,91,92)(H4,63,64,65)/t29-,34+,36+,37+,38+,39+,40+,41+,42+,43+,47+/m1/s1. The molecule has 0 radical (unpaired) electrons. The lowest BCUT2D eigenvalue weighted by Gasteiger charge is -2.28. The lowest BCUT2D eigenvalue weighted by molar-refractivity contribution is -0.145. The number of fused-ring (bicyclic) bond motifs is 1. The summed E-state index contributed by atoms with van der Waals surface area (Å²) in [6.45, 7) is 3.34. The Labute approximate surface area is 539 Å². The molecule has 0 saturated heterocycles. The Bertz CT molecular complexity index is 3130. The average molecular weight is 1330 g/mol. The van der Waals surface area contributed by atoms with Gasteiger partial charge in [-0.15, -0.1) is 0 Å². The molecular weight excluding hydrogens is 1240 g/mol. The number of para-hydroxylation sites is 1. The number of phenols is 1. The van der Waals surface area contributed by atoms with Gasteiger partial charge in [0.2, 0.25) is 70.9 Å². The Morgan fingerprint density at radius 3 is 1.58 bits per heavy atom. The molecule has 34 nitrogen and oxygen atoms in total. The van der Waals surface area contributed by atoms with Gasteiger partial charge in [-0.05, 0) is 92.7 Å². The fourth-order valence-electron chi connectivity index (χ4n) is 9.20. The quantitative estimate of drug-likeness (QED) is 0.0143. The third-order valence-electron chi connectivity index (χ3n) is 14.2. The molecule has 512 valence electrons. The van der Waals surface area contributed by atoms with E-state index in [1.165, 1.54) is 36.0 Å². The first-order valence-electron chi connectivity index (χ1n) is 29.6. The van der Waals surface area contributed by atoms with Crippen molar-refractivity contribution < 1.29 is 82.8 Å². The molecule has 0 spiro atoms. The molecule has 11 atom stereocenters. The first-order chi connectivity index (χ1) is 43.8. The lowest BCUT2D eigenvalue weighted by atomic mass is 9.99. The van der Waals surface area contributed by atoms with E-state index < -0.39 is 169 Å². The molecule has 0 unspecified atom stereocenters. The number of nitrogens with one attached hydrogen (secondary N) is 10. The Kier molecular flexibility index (Phi) is 32.5. The Balaban J connectivity index is 1.99. The zero-order chi connectivity index (χ0) is 69.6. The number of aromatic hydroxyl groups is 1. The molecule has 0 aliphatic carbocycles. The fraction of sp³-hybridized carbons (Fsp3) is 0.517. The van der Waals surface area contributed by atoms with Crippen molar-refractivity contribution in [3.63, 3.8) is 0 Å². The van der Waals surface area contributed by atoms with Gasteiger partial charge in [0.05, 0.1) is 25.2 Å². The topological polar surface area (TPSA) is 595 Å². The number of carboxylic acids is 1. The van der Waals surface area contributed by atoms with Crippen LogP contribution in [0.25, 0.3) is 10.9 Å². The number of phenolic OH excluding ortho intramolecular Hbond substituents is 1. The van der Waals surface area contributed by atoms with E-state index in [0.717, 1.165) is 6.92 Å². The molecular formula is C58H87N17O17S. The number of aromatic amines is 1. The minimum atomic E-state index is -1.95. The number of aliphatic imine (C=N–C) groups is 1. The largest absolute Gasteiger partial charge is 0.508 e. The number of nitrogens with zero attached hydrogens (tertiary/aromatic N) is 1. The number of carbonyl (C=O) groups is 13. The third-order valence-corrected chi connectivity index (χ3v) is 14.8. The number of aliphatic carboxylic acids is 1. The molecule has 3 aromatic rings. The number of hydrogen-bond donors (Lipinski definition) is 20. The van der Waals surface area contributed by atoms with Crippen LogP contribution in [0.2, 0.25) is 0 Å². The Morgan fingerprint density at radius 2 is 1.03 bits per heavy atom. The number of primary amides is 3. The van der Waals surface area contributed by atoms with Crippen LogP contribution in [-0.2, 0) is 75.2 Å². The number of aliphatic hydroxyl groups is 2. The van der Waals surface area contributed by atoms with Gasteiger partial charge < -0.3 is 108 Å². The highest BCUT2D eigenvalue weighted by molar-refractivity contribution is 7.98. The van der Waals surface area contributed by atoms with E-state index in [0.29, 0.717) is 22.0 Å². The SMILES string of the molecule is CSCC[C@H](NC(=O)[C@H](CC(C)C)NC(=O)[C@H](Cc1c[nH]c2ccccc12)NC(=O)[C@H](CC(N)=O)NC(=O)[C@H](CO)NC(=O)[C@H](CCCN=C(N)N)NC(=O)[C@H](CCC(N)=O)NC(=O)[C@@H](N)CCC(N)=O)C(=O)N[C@@H](Cc1ccc(O)cc1)C(=O)N[C@H](C(=O)O)[C@@H](C)O. The number of rotatable bonds is 42. The number of carbonyl (C=O) groups excluding carboxylic acids is 12. The number of benzene rings is 2.